The first kappa shape index (κ1) is 11.2. The van der Waals surface area contributed by atoms with Crippen LogP contribution in [-0.4, -0.2) is 22.7 Å². The maximum absolute atomic E-state index is 12.0. The van der Waals surface area contributed by atoms with Crippen LogP contribution in [0.15, 0.2) is 12.4 Å². The molecule has 1 aromatic heterocycles. The molecule has 4 nitrogen and oxygen atoms in total. The molecule has 0 aliphatic heterocycles. The van der Waals surface area contributed by atoms with Crippen molar-refractivity contribution in [3.05, 3.63) is 18.1 Å². The van der Waals surface area contributed by atoms with Gasteiger partial charge >= 0.3 is 6.18 Å². The lowest BCUT2D eigenvalue weighted by Gasteiger charge is -2.06. The molecule has 0 bridgehead atoms. The molecule has 0 unspecified atom stereocenters. The molecule has 0 aromatic carbocycles. The maximum Gasteiger partial charge on any atom is 0.394 e. The second-order valence-corrected chi connectivity index (χ2v) is 2.70. The zero-order chi connectivity index (χ0) is 11.3. The van der Waals surface area contributed by atoms with Crippen LogP contribution in [0.3, 0.4) is 0 Å². The third-order valence-electron chi connectivity index (χ3n) is 1.45. The lowest BCUT2D eigenvalue weighted by Crippen LogP contribution is -2.13. The topological polar surface area (TPSA) is 61.6 Å². The van der Waals surface area contributed by atoms with Gasteiger partial charge in [-0.25, -0.2) is 9.97 Å². The molecule has 1 rings (SSSR count). The van der Waals surface area contributed by atoms with E-state index in [0.29, 0.717) is 0 Å². The van der Waals surface area contributed by atoms with Crippen molar-refractivity contribution >= 4 is 5.82 Å². The second kappa shape index (κ2) is 4.59. The monoisotopic (exact) mass is 216 g/mol. The zero-order valence-electron chi connectivity index (χ0n) is 7.54. The SMILES string of the molecule is N#CCNc1cc(CC(F)(F)F)ncn1. The molecule has 0 aliphatic carbocycles. The fourth-order valence-corrected chi connectivity index (χ4v) is 0.926. The van der Waals surface area contributed by atoms with Crippen LogP contribution in [0.1, 0.15) is 5.69 Å². The lowest BCUT2D eigenvalue weighted by atomic mass is 10.3. The Balaban J connectivity index is 2.71. The molecule has 1 N–H and O–H groups in total. The van der Waals surface area contributed by atoms with Crippen LogP contribution in [0.25, 0.3) is 0 Å². The van der Waals surface area contributed by atoms with Crippen molar-refractivity contribution in [2.24, 2.45) is 0 Å². The Bertz CT molecular complexity index is 369. The number of nitrogens with one attached hydrogen (secondary N) is 1. The van der Waals surface area contributed by atoms with E-state index in [2.05, 4.69) is 15.3 Å². The number of halogens is 3. The van der Waals surface area contributed by atoms with Gasteiger partial charge in [0.05, 0.1) is 18.2 Å². The summed E-state index contributed by atoms with van der Waals surface area (Å²) in [6, 6.07) is 2.96. The average molecular weight is 216 g/mol. The highest BCUT2D eigenvalue weighted by Gasteiger charge is 2.28. The van der Waals surface area contributed by atoms with Crippen LogP contribution in [0.2, 0.25) is 0 Å². The van der Waals surface area contributed by atoms with Gasteiger partial charge in [-0.1, -0.05) is 0 Å². The predicted molar refractivity (Wildman–Crippen MR) is 45.9 cm³/mol. The van der Waals surface area contributed by atoms with Crippen LogP contribution in [0.5, 0.6) is 0 Å². The molecule has 0 saturated carbocycles. The Morgan fingerprint density at radius 2 is 2.13 bits per heavy atom. The summed E-state index contributed by atoms with van der Waals surface area (Å²) >= 11 is 0. The van der Waals surface area contributed by atoms with E-state index in [1.807, 2.05) is 0 Å². The van der Waals surface area contributed by atoms with E-state index < -0.39 is 12.6 Å². The molecule has 1 aromatic rings. The molecule has 80 valence electrons. The van der Waals surface area contributed by atoms with Gasteiger partial charge in [-0.05, 0) is 0 Å². The zero-order valence-corrected chi connectivity index (χ0v) is 7.54. The molecular weight excluding hydrogens is 209 g/mol. The third-order valence-corrected chi connectivity index (χ3v) is 1.45. The summed E-state index contributed by atoms with van der Waals surface area (Å²) in [5.41, 5.74) is -0.127. The lowest BCUT2D eigenvalue weighted by molar-refractivity contribution is -0.127. The fraction of sp³-hybridized carbons (Fsp3) is 0.375. The highest BCUT2D eigenvalue weighted by Crippen LogP contribution is 2.20. The highest BCUT2D eigenvalue weighted by atomic mass is 19.4. The van der Waals surface area contributed by atoms with Crippen LogP contribution in [0.4, 0.5) is 19.0 Å². The minimum Gasteiger partial charge on any atom is -0.357 e. The van der Waals surface area contributed by atoms with Crippen molar-refractivity contribution in [3.8, 4) is 6.07 Å². The fourth-order valence-electron chi connectivity index (χ4n) is 0.926. The Morgan fingerprint density at radius 3 is 2.73 bits per heavy atom. The van der Waals surface area contributed by atoms with E-state index in [1.165, 1.54) is 6.07 Å². The van der Waals surface area contributed by atoms with Crippen LogP contribution < -0.4 is 5.32 Å². The van der Waals surface area contributed by atoms with E-state index in [-0.39, 0.29) is 18.1 Å². The Hall–Kier alpha value is -1.84. The van der Waals surface area contributed by atoms with Crippen molar-refractivity contribution in [2.75, 3.05) is 11.9 Å². The summed E-state index contributed by atoms with van der Waals surface area (Å²) in [7, 11) is 0. The van der Waals surface area contributed by atoms with E-state index in [9.17, 15) is 13.2 Å². The number of alkyl halides is 3. The molecule has 0 spiro atoms. The van der Waals surface area contributed by atoms with Crippen LogP contribution in [0, 0.1) is 11.3 Å². The number of hydrogen-bond donors (Lipinski definition) is 1. The first-order valence-corrected chi connectivity index (χ1v) is 4.00. The quantitative estimate of drug-likeness (QED) is 0.778. The van der Waals surface area contributed by atoms with Crippen molar-refractivity contribution in [2.45, 2.75) is 12.6 Å². The van der Waals surface area contributed by atoms with E-state index in [0.717, 1.165) is 6.33 Å². The van der Waals surface area contributed by atoms with Gasteiger partial charge in [0.2, 0.25) is 0 Å². The summed E-state index contributed by atoms with van der Waals surface area (Å²) in [4.78, 5) is 7.15. The van der Waals surface area contributed by atoms with Gasteiger partial charge in [0.15, 0.2) is 0 Å². The number of nitrogens with zero attached hydrogens (tertiary/aromatic N) is 3. The first-order valence-electron chi connectivity index (χ1n) is 4.00. The minimum atomic E-state index is -4.29. The Kier molecular flexibility index (Phi) is 3.44. The number of rotatable bonds is 3. The molecule has 0 fully saturated rings. The molecular formula is C8H7F3N4. The summed E-state index contributed by atoms with van der Waals surface area (Å²) in [6.45, 7) is -0.0114. The Labute approximate surface area is 83.8 Å². The van der Waals surface area contributed by atoms with Gasteiger partial charge in [0, 0.05) is 6.07 Å². The van der Waals surface area contributed by atoms with Gasteiger partial charge in [0.1, 0.15) is 18.7 Å². The largest absolute Gasteiger partial charge is 0.394 e. The van der Waals surface area contributed by atoms with Gasteiger partial charge in [0.25, 0.3) is 0 Å². The Morgan fingerprint density at radius 1 is 1.40 bits per heavy atom. The van der Waals surface area contributed by atoms with Gasteiger partial charge in [-0.2, -0.15) is 18.4 Å². The predicted octanol–water partition coefficient (Wildman–Crippen LogP) is 1.52. The van der Waals surface area contributed by atoms with Crippen LogP contribution in [-0.2, 0) is 6.42 Å². The van der Waals surface area contributed by atoms with Crippen LogP contribution >= 0.6 is 0 Å². The van der Waals surface area contributed by atoms with E-state index >= 15 is 0 Å². The highest BCUT2D eigenvalue weighted by molar-refractivity contribution is 5.35. The maximum atomic E-state index is 12.0. The molecule has 0 saturated heterocycles. The number of hydrogen-bond acceptors (Lipinski definition) is 4. The van der Waals surface area contributed by atoms with Gasteiger partial charge < -0.3 is 5.32 Å². The molecule has 7 heteroatoms. The molecule has 1 heterocycles. The summed E-state index contributed by atoms with van der Waals surface area (Å²) in [5, 5.41) is 10.8. The molecule has 0 amide bonds. The van der Waals surface area contributed by atoms with E-state index in [1.54, 1.807) is 6.07 Å². The first-order chi connectivity index (χ1) is 7.01. The third kappa shape index (κ3) is 4.26. The summed E-state index contributed by atoms with van der Waals surface area (Å²) < 4.78 is 36.0. The molecule has 0 aliphatic rings. The average Bonchev–Trinajstić information content (AvgIpc) is 2.12. The number of anilines is 1. The number of nitriles is 1. The van der Waals surface area contributed by atoms with Gasteiger partial charge in [-0.3, -0.25) is 0 Å². The minimum absolute atomic E-state index is 0.0114. The van der Waals surface area contributed by atoms with Crippen molar-refractivity contribution in [1.82, 2.24) is 9.97 Å². The van der Waals surface area contributed by atoms with Crippen molar-refractivity contribution in [1.29, 1.82) is 5.26 Å². The molecule has 0 atom stereocenters. The van der Waals surface area contributed by atoms with Gasteiger partial charge in [-0.15, -0.1) is 0 Å². The van der Waals surface area contributed by atoms with Crippen molar-refractivity contribution < 1.29 is 13.2 Å². The normalized spacial score (nSPS) is 10.8. The summed E-state index contributed by atoms with van der Waals surface area (Å²) in [5.74, 6) is 0.214. The molecule has 15 heavy (non-hydrogen) atoms. The standard InChI is InChI=1S/C8H7F3N4/c9-8(10,11)4-6-3-7(13-2-1-12)15-5-14-6/h3,5H,2,4H2,(H,13,14,15). The smallest absolute Gasteiger partial charge is 0.357 e. The number of aromatic nitrogens is 2. The molecule has 0 radical (unpaired) electrons. The second-order valence-electron chi connectivity index (χ2n) is 2.70. The van der Waals surface area contributed by atoms with Crippen molar-refractivity contribution in [3.63, 3.8) is 0 Å². The summed E-state index contributed by atoms with van der Waals surface area (Å²) in [6.07, 6.45) is -4.36. The van der Waals surface area contributed by atoms with E-state index in [4.69, 9.17) is 5.26 Å².